The van der Waals surface area contributed by atoms with E-state index in [0.29, 0.717) is 5.92 Å². The average molecular weight is 264 g/mol. The zero-order chi connectivity index (χ0) is 13.4. The summed E-state index contributed by atoms with van der Waals surface area (Å²) in [6.07, 6.45) is 8.59. The SMILES string of the molecule is CC1CC(N)CC(C(=O)NCC2CC3CCC2C3)C1. The van der Waals surface area contributed by atoms with Crippen LogP contribution in [0.3, 0.4) is 0 Å². The van der Waals surface area contributed by atoms with Crippen LogP contribution in [0.2, 0.25) is 0 Å². The van der Waals surface area contributed by atoms with Gasteiger partial charge >= 0.3 is 0 Å². The maximum absolute atomic E-state index is 12.3. The normalized spacial score (nSPS) is 45.4. The summed E-state index contributed by atoms with van der Waals surface area (Å²) >= 11 is 0. The summed E-state index contributed by atoms with van der Waals surface area (Å²) in [5, 5.41) is 3.23. The molecule has 6 unspecified atom stereocenters. The van der Waals surface area contributed by atoms with Gasteiger partial charge in [-0.3, -0.25) is 4.79 Å². The van der Waals surface area contributed by atoms with E-state index in [1.165, 1.54) is 25.7 Å². The van der Waals surface area contributed by atoms with Crippen LogP contribution >= 0.6 is 0 Å². The fourth-order valence-electron chi connectivity index (χ4n) is 4.87. The molecule has 3 saturated carbocycles. The van der Waals surface area contributed by atoms with Crippen molar-refractivity contribution in [3.05, 3.63) is 0 Å². The summed E-state index contributed by atoms with van der Waals surface area (Å²) < 4.78 is 0. The second-order valence-electron chi connectivity index (χ2n) is 7.45. The topological polar surface area (TPSA) is 55.1 Å². The molecule has 0 spiro atoms. The monoisotopic (exact) mass is 264 g/mol. The van der Waals surface area contributed by atoms with Crippen molar-refractivity contribution < 1.29 is 4.79 Å². The molecule has 0 saturated heterocycles. The number of hydrogen-bond acceptors (Lipinski definition) is 2. The van der Waals surface area contributed by atoms with Crippen LogP contribution in [0, 0.1) is 29.6 Å². The van der Waals surface area contributed by atoms with Gasteiger partial charge in [0.25, 0.3) is 0 Å². The van der Waals surface area contributed by atoms with Gasteiger partial charge in [0.15, 0.2) is 0 Å². The van der Waals surface area contributed by atoms with Crippen molar-refractivity contribution >= 4 is 5.91 Å². The van der Waals surface area contributed by atoms with E-state index >= 15 is 0 Å². The Hall–Kier alpha value is -0.570. The van der Waals surface area contributed by atoms with Crippen molar-refractivity contribution in [3.63, 3.8) is 0 Å². The van der Waals surface area contributed by atoms with Crippen LogP contribution in [-0.2, 0) is 4.79 Å². The predicted molar refractivity (Wildman–Crippen MR) is 76.4 cm³/mol. The third-order valence-electron chi connectivity index (χ3n) is 5.77. The third kappa shape index (κ3) is 2.96. The van der Waals surface area contributed by atoms with E-state index in [1.807, 2.05) is 0 Å². The van der Waals surface area contributed by atoms with Crippen molar-refractivity contribution in [3.8, 4) is 0 Å². The molecule has 3 heteroatoms. The molecule has 3 rings (SSSR count). The van der Waals surface area contributed by atoms with Gasteiger partial charge in [0.05, 0.1) is 0 Å². The Labute approximate surface area is 116 Å². The first kappa shape index (κ1) is 13.4. The smallest absolute Gasteiger partial charge is 0.223 e. The molecule has 1 amide bonds. The first-order valence-corrected chi connectivity index (χ1v) is 8.15. The number of carbonyl (C=O) groups excluding carboxylic acids is 1. The van der Waals surface area contributed by atoms with E-state index < -0.39 is 0 Å². The summed E-state index contributed by atoms with van der Waals surface area (Å²) in [5.41, 5.74) is 6.04. The maximum atomic E-state index is 12.3. The number of rotatable bonds is 3. The van der Waals surface area contributed by atoms with Gasteiger partial charge in [-0.15, -0.1) is 0 Å². The van der Waals surface area contributed by atoms with E-state index in [2.05, 4.69) is 12.2 Å². The molecule has 0 radical (unpaired) electrons. The predicted octanol–water partition coefficient (Wildman–Crippen LogP) is 2.30. The zero-order valence-electron chi connectivity index (χ0n) is 12.1. The lowest BCUT2D eigenvalue weighted by Gasteiger charge is -2.31. The number of nitrogens with one attached hydrogen (secondary N) is 1. The van der Waals surface area contributed by atoms with Crippen LogP contribution in [0.5, 0.6) is 0 Å². The Morgan fingerprint density at radius 2 is 2.00 bits per heavy atom. The lowest BCUT2D eigenvalue weighted by atomic mass is 9.79. The highest BCUT2D eigenvalue weighted by Gasteiger charge is 2.39. The average Bonchev–Trinajstić information content (AvgIpc) is 2.96. The highest BCUT2D eigenvalue weighted by molar-refractivity contribution is 5.78. The first-order chi connectivity index (χ1) is 9.11. The first-order valence-electron chi connectivity index (χ1n) is 8.15. The molecule has 3 fully saturated rings. The van der Waals surface area contributed by atoms with Crippen LogP contribution in [-0.4, -0.2) is 18.5 Å². The number of carbonyl (C=O) groups is 1. The Balaban J connectivity index is 1.46. The fourth-order valence-corrected chi connectivity index (χ4v) is 4.87. The number of nitrogens with two attached hydrogens (primary N) is 1. The Morgan fingerprint density at radius 1 is 1.16 bits per heavy atom. The fraction of sp³-hybridized carbons (Fsp3) is 0.938. The van der Waals surface area contributed by atoms with Crippen molar-refractivity contribution in [2.75, 3.05) is 6.54 Å². The van der Waals surface area contributed by atoms with Gasteiger partial charge in [-0.25, -0.2) is 0 Å². The summed E-state index contributed by atoms with van der Waals surface area (Å²) in [7, 11) is 0. The highest BCUT2D eigenvalue weighted by atomic mass is 16.1. The van der Waals surface area contributed by atoms with E-state index in [1.54, 1.807) is 0 Å². The van der Waals surface area contributed by atoms with E-state index in [-0.39, 0.29) is 17.9 Å². The minimum Gasteiger partial charge on any atom is -0.356 e. The second-order valence-corrected chi connectivity index (χ2v) is 7.45. The molecule has 0 aromatic heterocycles. The molecule has 108 valence electrons. The molecule has 2 bridgehead atoms. The van der Waals surface area contributed by atoms with E-state index in [4.69, 9.17) is 5.73 Å². The summed E-state index contributed by atoms with van der Waals surface area (Å²) in [4.78, 5) is 12.3. The molecule has 3 nitrogen and oxygen atoms in total. The molecule has 3 aliphatic rings. The summed E-state index contributed by atoms with van der Waals surface area (Å²) in [5.74, 6) is 3.66. The lowest BCUT2D eigenvalue weighted by Crippen LogP contribution is -2.41. The molecule has 0 heterocycles. The van der Waals surface area contributed by atoms with Gasteiger partial charge in [-0.05, 0) is 62.2 Å². The van der Waals surface area contributed by atoms with Gasteiger partial charge in [0, 0.05) is 18.5 Å². The minimum absolute atomic E-state index is 0.164. The van der Waals surface area contributed by atoms with E-state index in [9.17, 15) is 4.79 Å². The molecular formula is C16H28N2O. The van der Waals surface area contributed by atoms with Crippen LogP contribution in [0.1, 0.15) is 51.9 Å². The molecule has 6 atom stereocenters. The molecule has 0 aromatic carbocycles. The highest BCUT2D eigenvalue weighted by Crippen LogP contribution is 2.47. The number of hydrogen-bond donors (Lipinski definition) is 2. The van der Waals surface area contributed by atoms with Crippen molar-refractivity contribution in [2.45, 2.75) is 57.9 Å². The number of fused-ring (bicyclic) bond motifs is 2. The molecule has 19 heavy (non-hydrogen) atoms. The van der Waals surface area contributed by atoms with Crippen LogP contribution in [0.15, 0.2) is 0 Å². The zero-order valence-corrected chi connectivity index (χ0v) is 12.1. The van der Waals surface area contributed by atoms with Crippen molar-refractivity contribution in [1.82, 2.24) is 5.32 Å². The number of amides is 1. The van der Waals surface area contributed by atoms with Gasteiger partial charge in [0.2, 0.25) is 5.91 Å². The Morgan fingerprint density at radius 3 is 2.63 bits per heavy atom. The molecule has 3 N–H and O–H groups in total. The quantitative estimate of drug-likeness (QED) is 0.822. The van der Waals surface area contributed by atoms with Crippen LogP contribution < -0.4 is 11.1 Å². The van der Waals surface area contributed by atoms with Crippen molar-refractivity contribution in [1.29, 1.82) is 0 Å². The largest absolute Gasteiger partial charge is 0.356 e. The molecule has 0 aromatic rings. The minimum atomic E-state index is 0.164. The second kappa shape index (κ2) is 5.43. The van der Waals surface area contributed by atoms with Crippen molar-refractivity contribution in [2.24, 2.45) is 35.3 Å². The maximum Gasteiger partial charge on any atom is 0.223 e. The summed E-state index contributed by atoms with van der Waals surface area (Å²) in [6, 6.07) is 0.224. The van der Waals surface area contributed by atoms with Gasteiger partial charge < -0.3 is 11.1 Å². The van der Waals surface area contributed by atoms with Gasteiger partial charge in [-0.1, -0.05) is 13.3 Å². The Bertz CT molecular complexity index is 334. The van der Waals surface area contributed by atoms with E-state index in [0.717, 1.165) is 43.6 Å². The van der Waals surface area contributed by atoms with Gasteiger partial charge in [-0.2, -0.15) is 0 Å². The van der Waals surface area contributed by atoms with Crippen LogP contribution in [0.4, 0.5) is 0 Å². The van der Waals surface area contributed by atoms with Gasteiger partial charge in [0.1, 0.15) is 0 Å². The molecular weight excluding hydrogens is 236 g/mol. The molecule has 3 aliphatic carbocycles. The third-order valence-corrected chi connectivity index (χ3v) is 5.77. The molecule has 0 aliphatic heterocycles. The lowest BCUT2D eigenvalue weighted by molar-refractivity contribution is -0.126. The summed E-state index contributed by atoms with van der Waals surface area (Å²) in [6.45, 7) is 3.13. The standard InChI is InChI=1S/C16H28N2O/c1-10-4-13(8-15(17)5-10)16(19)18-9-14-7-11-2-3-12(14)6-11/h10-15H,2-9,17H2,1H3,(H,18,19). The Kier molecular flexibility index (Phi) is 3.84. The van der Waals surface area contributed by atoms with Crippen LogP contribution in [0.25, 0.3) is 0 Å².